The molecular formula is C18H25O3Si. The van der Waals surface area contributed by atoms with Gasteiger partial charge in [0.05, 0.1) is 5.56 Å². The summed E-state index contributed by atoms with van der Waals surface area (Å²) in [5.41, 5.74) is 4.30. The molecule has 0 unspecified atom stereocenters. The number of hydrogen-bond donors (Lipinski definition) is 0. The predicted molar refractivity (Wildman–Crippen MR) is 93.0 cm³/mol. The van der Waals surface area contributed by atoms with Gasteiger partial charge in [0.2, 0.25) is 0 Å². The van der Waals surface area contributed by atoms with E-state index in [2.05, 4.69) is 20.1 Å². The molecule has 0 heterocycles. The van der Waals surface area contributed by atoms with Gasteiger partial charge >= 0.3 is 5.97 Å². The molecule has 0 aromatic heterocycles. The highest BCUT2D eigenvalue weighted by Gasteiger charge is 2.26. The van der Waals surface area contributed by atoms with Crippen LogP contribution in [0.4, 0.5) is 0 Å². The number of carbonyl (C=O) groups is 1. The second-order valence-corrected chi connectivity index (χ2v) is 10.5. The highest BCUT2D eigenvalue weighted by Crippen LogP contribution is 2.18. The summed E-state index contributed by atoms with van der Waals surface area (Å²) in [6.07, 6.45) is 0. The third-order valence-electron chi connectivity index (χ3n) is 3.50. The molecule has 0 spiro atoms. The Balaban J connectivity index is 2.78. The summed E-state index contributed by atoms with van der Waals surface area (Å²) < 4.78 is 0. The molecule has 0 saturated heterocycles. The van der Waals surface area contributed by atoms with Crippen LogP contribution in [0.3, 0.4) is 0 Å². The molecule has 0 fully saturated rings. The molecule has 0 aliphatic heterocycles. The second-order valence-electron chi connectivity index (χ2n) is 6.33. The summed E-state index contributed by atoms with van der Waals surface area (Å²) in [5.74, 6) is -0.506. The van der Waals surface area contributed by atoms with E-state index in [1.807, 2.05) is 44.3 Å². The van der Waals surface area contributed by atoms with Crippen LogP contribution in [-0.2, 0) is 9.78 Å². The molecule has 0 amide bonds. The van der Waals surface area contributed by atoms with Crippen molar-refractivity contribution in [1.82, 2.24) is 0 Å². The molecule has 0 aliphatic carbocycles. The van der Waals surface area contributed by atoms with Crippen molar-refractivity contribution >= 4 is 19.2 Å². The van der Waals surface area contributed by atoms with E-state index in [1.165, 1.54) is 11.8 Å². The lowest BCUT2D eigenvalue weighted by atomic mass is 9.99. The van der Waals surface area contributed by atoms with Gasteiger partial charge in [-0.3, -0.25) is 4.89 Å². The monoisotopic (exact) mass is 317 g/mol. The lowest BCUT2D eigenvalue weighted by molar-refractivity contribution is -0.224. The van der Waals surface area contributed by atoms with Crippen molar-refractivity contribution in [3.05, 3.63) is 61.0 Å². The number of benzene rings is 1. The molecule has 22 heavy (non-hydrogen) atoms. The average molecular weight is 317 g/mol. The van der Waals surface area contributed by atoms with Gasteiger partial charge in [0.15, 0.2) is 0 Å². The molecule has 1 rings (SSSR count). The van der Waals surface area contributed by atoms with E-state index < -0.39 is 14.0 Å². The van der Waals surface area contributed by atoms with Gasteiger partial charge in [0, 0.05) is 0 Å². The molecule has 0 N–H and O–H groups in total. The van der Waals surface area contributed by atoms with Gasteiger partial charge in [-0.05, 0) is 23.6 Å². The third kappa shape index (κ3) is 4.68. The Hall–Kier alpha value is -1.65. The molecule has 1 aromatic carbocycles. The van der Waals surface area contributed by atoms with E-state index in [4.69, 9.17) is 9.78 Å². The van der Waals surface area contributed by atoms with Crippen molar-refractivity contribution in [2.45, 2.75) is 33.7 Å². The van der Waals surface area contributed by atoms with Gasteiger partial charge in [0.1, 0.15) is 14.7 Å². The molecule has 1 radical (unpaired) electrons. The van der Waals surface area contributed by atoms with E-state index in [0.29, 0.717) is 5.56 Å². The quantitative estimate of drug-likeness (QED) is 0.431. The number of rotatable bonds is 7. The van der Waals surface area contributed by atoms with E-state index >= 15 is 0 Å². The average Bonchev–Trinajstić information content (AvgIpc) is 2.49. The highest BCUT2D eigenvalue weighted by molar-refractivity contribution is 6.99. The fourth-order valence-corrected chi connectivity index (χ4v) is 4.40. The van der Waals surface area contributed by atoms with Crippen LogP contribution in [0.2, 0.25) is 6.04 Å². The van der Waals surface area contributed by atoms with E-state index in [-0.39, 0.29) is 5.41 Å². The van der Waals surface area contributed by atoms with Crippen LogP contribution in [0.15, 0.2) is 48.8 Å². The number of carbonyl (C=O) groups excluding carboxylic acids is 1. The van der Waals surface area contributed by atoms with E-state index in [0.717, 1.165) is 6.04 Å². The third-order valence-corrected chi connectivity index (χ3v) is 7.53. The smallest absolute Gasteiger partial charge is 0.292 e. The van der Waals surface area contributed by atoms with E-state index in [9.17, 15) is 4.79 Å². The van der Waals surface area contributed by atoms with Crippen LogP contribution in [0, 0.1) is 12.0 Å². The van der Waals surface area contributed by atoms with Crippen LogP contribution in [0.25, 0.3) is 0 Å². The van der Waals surface area contributed by atoms with Crippen molar-refractivity contribution in [2.75, 3.05) is 0 Å². The Morgan fingerprint density at radius 2 is 1.73 bits per heavy atom. The fourth-order valence-electron chi connectivity index (χ4n) is 1.99. The van der Waals surface area contributed by atoms with Crippen LogP contribution < -0.4 is 5.19 Å². The lowest BCUT2D eigenvalue weighted by Crippen LogP contribution is -2.43. The maximum absolute atomic E-state index is 11.9. The first kappa shape index (κ1) is 18.4. The first-order valence-corrected chi connectivity index (χ1v) is 9.74. The van der Waals surface area contributed by atoms with Gasteiger partial charge in [-0.15, -0.1) is 13.2 Å². The minimum Gasteiger partial charge on any atom is -0.292 e. The molecule has 0 aliphatic rings. The molecule has 0 saturated carbocycles. The topological polar surface area (TPSA) is 35.5 Å². The summed E-state index contributed by atoms with van der Waals surface area (Å²) in [7, 11) is -1.86. The van der Waals surface area contributed by atoms with Gasteiger partial charge < -0.3 is 0 Å². The first-order valence-electron chi connectivity index (χ1n) is 7.38. The van der Waals surface area contributed by atoms with Gasteiger partial charge in [-0.2, -0.15) is 4.89 Å². The molecule has 0 atom stereocenters. The van der Waals surface area contributed by atoms with Crippen LogP contribution in [0.5, 0.6) is 0 Å². The highest BCUT2D eigenvalue weighted by atomic mass is 28.3. The Morgan fingerprint density at radius 1 is 1.18 bits per heavy atom. The maximum Gasteiger partial charge on any atom is 0.373 e. The minimum atomic E-state index is -1.86. The van der Waals surface area contributed by atoms with Crippen molar-refractivity contribution < 1.29 is 14.6 Å². The van der Waals surface area contributed by atoms with Crippen LogP contribution in [0.1, 0.15) is 38.1 Å². The Labute approximate surface area is 134 Å². The summed E-state index contributed by atoms with van der Waals surface area (Å²) in [6.45, 7) is 17.4. The van der Waals surface area contributed by atoms with Gasteiger partial charge in [0.25, 0.3) is 0 Å². The van der Waals surface area contributed by atoms with Crippen LogP contribution in [-0.4, -0.2) is 14.0 Å². The van der Waals surface area contributed by atoms with Crippen LogP contribution >= 0.6 is 0 Å². The first-order chi connectivity index (χ1) is 10.3. The fraction of sp³-hybridized carbons (Fsp3) is 0.333. The Kier molecular flexibility index (Phi) is 6.32. The Morgan fingerprint density at radius 3 is 2.14 bits per heavy atom. The standard InChI is InChI=1S/C18H25O3Si/c1-7-22(8-2,9-3)16-12-10-15(11-13-16)17(19)21-20-14-18(4,5)6/h7-8,10-14H,1-2,9H2,3-6H3. The summed E-state index contributed by atoms with van der Waals surface area (Å²) in [5, 5.41) is 1.18. The predicted octanol–water partition coefficient (Wildman–Crippen LogP) is 4.11. The summed E-state index contributed by atoms with van der Waals surface area (Å²) in [4.78, 5) is 21.6. The van der Waals surface area contributed by atoms with Gasteiger partial charge in [-0.25, -0.2) is 4.79 Å². The maximum atomic E-state index is 11.9. The molecule has 3 nitrogen and oxygen atoms in total. The van der Waals surface area contributed by atoms with Crippen molar-refractivity contribution in [3.63, 3.8) is 0 Å². The molecular weight excluding hydrogens is 292 g/mol. The lowest BCUT2D eigenvalue weighted by Gasteiger charge is -2.23. The van der Waals surface area contributed by atoms with Crippen molar-refractivity contribution in [2.24, 2.45) is 5.41 Å². The SMILES string of the molecule is C=C[Si](C=C)(CC)c1ccc(C(=O)OO[CH]C(C)(C)C)cc1. The second kappa shape index (κ2) is 7.56. The molecule has 4 heteroatoms. The normalized spacial score (nSPS) is 11.8. The Bertz CT molecular complexity index is 518. The van der Waals surface area contributed by atoms with Crippen molar-refractivity contribution in [3.8, 4) is 0 Å². The molecule has 0 bridgehead atoms. The molecule has 119 valence electrons. The summed E-state index contributed by atoms with van der Waals surface area (Å²) in [6, 6.07) is 8.39. The number of hydrogen-bond acceptors (Lipinski definition) is 3. The zero-order chi connectivity index (χ0) is 16.8. The van der Waals surface area contributed by atoms with Gasteiger partial charge in [-0.1, -0.05) is 56.4 Å². The van der Waals surface area contributed by atoms with Crippen molar-refractivity contribution in [1.29, 1.82) is 0 Å². The zero-order valence-corrected chi connectivity index (χ0v) is 14.9. The zero-order valence-electron chi connectivity index (χ0n) is 13.9. The summed E-state index contributed by atoms with van der Waals surface area (Å²) >= 11 is 0. The van der Waals surface area contributed by atoms with E-state index in [1.54, 1.807) is 12.1 Å². The minimum absolute atomic E-state index is 0.176. The molecule has 1 aromatic rings. The largest absolute Gasteiger partial charge is 0.373 e.